The van der Waals surface area contributed by atoms with Crippen LogP contribution in [0.15, 0.2) is 0 Å². The Kier molecular flexibility index (Phi) is 11.1. The Hall–Kier alpha value is 0.335. The molecule has 2 nitrogen and oxygen atoms in total. The first-order chi connectivity index (χ1) is 6.93. The number of nitrogens with zero attached hydrogens (tertiary/aromatic N) is 1. The molecule has 0 aromatic carbocycles. The molecule has 87 valence electrons. The molecule has 0 aliphatic carbocycles. The van der Waals surface area contributed by atoms with Crippen LogP contribution in [0.25, 0.3) is 0 Å². The highest BCUT2D eigenvalue weighted by atomic mass is 32.2. The number of morpholine rings is 1. The summed E-state index contributed by atoms with van der Waals surface area (Å²) in [6, 6.07) is 0. The minimum absolute atomic E-state index is 0. The molecule has 1 saturated heterocycles. The molecule has 1 rings (SSSR count). The zero-order valence-corrected chi connectivity index (χ0v) is 10.7. The Labute approximate surface area is 101 Å². The molecule has 0 saturated carbocycles. The Morgan fingerprint density at radius 1 is 1.07 bits per heavy atom. The average Bonchev–Trinajstić information content (AvgIpc) is 2.25. The van der Waals surface area contributed by atoms with E-state index in [0.29, 0.717) is 0 Å². The summed E-state index contributed by atoms with van der Waals surface area (Å²) in [5.74, 6) is 1.33. The van der Waals surface area contributed by atoms with Gasteiger partial charge in [0.15, 0.2) is 0 Å². The average molecular weight is 228 g/mol. The molecule has 0 aromatic heterocycles. The highest BCUT2D eigenvalue weighted by molar-refractivity contribution is 7.98. The topological polar surface area (TPSA) is 12.5 Å². The number of unbranched alkanes of at least 4 members (excludes halogenated alkanes) is 3. The molecule has 3 radical (unpaired) electrons. The van der Waals surface area contributed by atoms with Gasteiger partial charge in [0, 0.05) is 21.5 Å². The molecule has 0 amide bonds. The number of hydrogen-bond donors (Lipinski definition) is 0. The number of ether oxygens (including phenoxy) is 1. The van der Waals surface area contributed by atoms with Gasteiger partial charge < -0.3 is 4.74 Å². The number of rotatable bonds is 7. The van der Waals surface area contributed by atoms with Crippen molar-refractivity contribution in [3.63, 3.8) is 0 Å². The summed E-state index contributed by atoms with van der Waals surface area (Å²) in [5.41, 5.74) is 0. The zero-order valence-electron chi connectivity index (χ0n) is 9.91. The first kappa shape index (κ1) is 15.3. The predicted octanol–water partition coefficient (Wildman–Crippen LogP) is 1.86. The molecule has 1 fully saturated rings. The van der Waals surface area contributed by atoms with Crippen LogP contribution in [0, 0.1) is 0 Å². The fourth-order valence-electron chi connectivity index (χ4n) is 1.76. The molecule has 15 heavy (non-hydrogen) atoms. The minimum atomic E-state index is 0. The fourth-order valence-corrected chi connectivity index (χ4v) is 2.25. The molecular weight excluding hydrogens is 205 g/mol. The van der Waals surface area contributed by atoms with Crippen molar-refractivity contribution in [2.45, 2.75) is 25.7 Å². The summed E-state index contributed by atoms with van der Waals surface area (Å²) in [6.45, 7) is 5.44. The number of hydrogen-bond acceptors (Lipinski definition) is 3. The highest BCUT2D eigenvalue weighted by Gasteiger charge is 2.08. The third kappa shape index (κ3) is 8.17. The van der Waals surface area contributed by atoms with E-state index in [1.165, 1.54) is 38.0 Å². The van der Waals surface area contributed by atoms with E-state index in [-0.39, 0.29) is 8.41 Å². The van der Waals surface area contributed by atoms with E-state index < -0.39 is 0 Å². The second-order valence-corrected chi connectivity index (χ2v) is 4.85. The Morgan fingerprint density at radius 2 is 1.73 bits per heavy atom. The van der Waals surface area contributed by atoms with Crippen LogP contribution in [0.3, 0.4) is 0 Å². The molecule has 1 aliphatic heterocycles. The van der Waals surface area contributed by atoms with Crippen LogP contribution >= 0.6 is 11.8 Å². The molecule has 1 heterocycles. The van der Waals surface area contributed by atoms with Gasteiger partial charge in [-0.15, -0.1) is 0 Å². The van der Waals surface area contributed by atoms with Crippen LogP contribution < -0.4 is 0 Å². The molecule has 0 atom stereocenters. The van der Waals surface area contributed by atoms with Crippen LogP contribution in [0.5, 0.6) is 0 Å². The van der Waals surface area contributed by atoms with Gasteiger partial charge in [0.2, 0.25) is 0 Å². The standard InChI is InChI=1S/C11H23NOS.B/c1-14-11-5-3-2-4-6-12-7-9-13-10-8-12;/h2-11H2,1H3;. The van der Waals surface area contributed by atoms with Crippen LogP contribution in [0.4, 0.5) is 0 Å². The molecular formula is C11H23BNOS. The summed E-state index contributed by atoms with van der Waals surface area (Å²) in [6.07, 6.45) is 7.76. The first-order valence-corrected chi connectivity index (χ1v) is 7.12. The van der Waals surface area contributed by atoms with E-state index in [0.717, 1.165) is 26.3 Å². The van der Waals surface area contributed by atoms with Gasteiger partial charge in [0.25, 0.3) is 0 Å². The lowest BCUT2D eigenvalue weighted by atomic mass is 10.2. The normalized spacial score (nSPS) is 17.4. The Morgan fingerprint density at radius 3 is 2.40 bits per heavy atom. The second kappa shape index (κ2) is 10.8. The van der Waals surface area contributed by atoms with Gasteiger partial charge in [-0.2, -0.15) is 11.8 Å². The van der Waals surface area contributed by atoms with Crippen molar-refractivity contribution in [3.05, 3.63) is 0 Å². The van der Waals surface area contributed by atoms with Crippen molar-refractivity contribution in [1.82, 2.24) is 4.90 Å². The maximum atomic E-state index is 5.31. The van der Waals surface area contributed by atoms with Crippen molar-refractivity contribution in [3.8, 4) is 0 Å². The summed E-state index contributed by atoms with van der Waals surface area (Å²) in [7, 11) is 0. The van der Waals surface area contributed by atoms with E-state index in [1.807, 2.05) is 11.8 Å². The van der Waals surface area contributed by atoms with E-state index in [1.54, 1.807) is 0 Å². The van der Waals surface area contributed by atoms with Gasteiger partial charge in [0.1, 0.15) is 0 Å². The Balaban J connectivity index is 0.00000196. The van der Waals surface area contributed by atoms with E-state index in [2.05, 4.69) is 11.2 Å². The van der Waals surface area contributed by atoms with Crippen molar-refractivity contribution in [2.75, 3.05) is 44.9 Å². The monoisotopic (exact) mass is 228 g/mol. The third-order valence-electron chi connectivity index (χ3n) is 2.68. The third-order valence-corrected chi connectivity index (χ3v) is 3.37. The smallest absolute Gasteiger partial charge is 0.0594 e. The Bertz CT molecular complexity index is 132. The quantitative estimate of drug-likeness (QED) is 0.487. The second-order valence-electron chi connectivity index (χ2n) is 3.86. The van der Waals surface area contributed by atoms with Gasteiger partial charge in [0.05, 0.1) is 13.2 Å². The lowest BCUT2D eigenvalue weighted by molar-refractivity contribution is 0.0371. The van der Waals surface area contributed by atoms with Gasteiger partial charge >= 0.3 is 0 Å². The van der Waals surface area contributed by atoms with E-state index in [4.69, 9.17) is 4.74 Å². The molecule has 4 heteroatoms. The zero-order chi connectivity index (χ0) is 10.1. The van der Waals surface area contributed by atoms with E-state index >= 15 is 0 Å². The van der Waals surface area contributed by atoms with Crippen LogP contribution in [-0.4, -0.2) is 58.2 Å². The van der Waals surface area contributed by atoms with E-state index in [9.17, 15) is 0 Å². The van der Waals surface area contributed by atoms with Gasteiger partial charge in [-0.1, -0.05) is 12.8 Å². The minimum Gasteiger partial charge on any atom is -0.379 e. The molecule has 0 spiro atoms. The van der Waals surface area contributed by atoms with Crippen molar-refractivity contribution in [1.29, 1.82) is 0 Å². The molecule has 0 aromatic rings. The molecule has 0 unspecified atom stereocenters. The summed E-state index contributed by atoms with van der Waals surface area (Å²) < 4.78 is 5.31. The molecule has 0 N–H and O–H groups in total. The van der Waals surface area contributed by atoms with Gasteiger partial charge in [-0.3, -0.25) is 4.90 Å². The summed E-state index contributed by atoms with van der Waals surface area (Å²) in [4.78, 5) is 2.53. The molecule has 1 aliphatic rings. The lowest BCUT2D eigenvalue weighted by Crippen LogP contribution is -2.36. The summed E-state index contributed by atoms with van der Waals surface area (Å²) in [5, 5.41) is 0. The SMILES string of the molecule is CSCCCCCCN1CCOCC1.[B]. The highest BCUT2D eigenvalue weighted by Crippen LogP contribution is 2.06. The van der Waals surface area contributed by atoms with Gasteiger partial charge in [-0.05, 0) is 31.4 Å². The van der Waals surface area contributed by atoms with Crippen LogP contribution in [-0.2, 0) is 4.74 Å². The largest absolute Gasteiger partial charge is 0.379 e. The fraction of sp³-hybridized carbons (Fsp3) is 1.00. The first-order valence-electron chi connectivity index (χ1n) is 5.72. The summed E-state index contributed by atoms with van der Waals surface area (Å²) >= 11 is 1.96. The van der Waals surface area contributed by atoms with Gasteiger partial charge in [-0.25, -0.2) is 0 Å². The van der Waals surface area contributed by atoms with Crippen molar-refractivity contribution in [2.24, 2.45) is 0 Å². The van der Waals surface area contributed by atoms with Crippen molar-refractivity contribution >= 4 is 20.2 Å². The maximum Gasteiger partial charge on any atom is 0.0594 e. The lowest BCUT2D eigenvalue weighted by Gasteiger charge is -2.26. The van der Waals surface area contributed by atoms with Crippen molar-refractivity contribution < 1.29 is 4.74 Å². The molecule has 0 bridgehead atoms. The van der Waals surface area contributed by atoms with Crippen LogP contribution in [0.1, 0.15) is 25.7 Å². The van der Waals surface area contributed by atoms with Crippen LogP contribution in [0.2, 0.25) is 0 Å². The number of thioether (sulfide) groups is 1. The predicted molar refractivity (Wildman–Crippen MR) is 69.9 cm³/mol. The maximum absolute atomic E-state index is 5.31.